The van der Waals surface area contributed by atoms with E-state index in [1.165, 1.54) is 0 Å². The zero-order valence-electron chi connectivity index (χ0n) is 10.5. The van der Waals surface area contributed by atoms with E-state index in [-0.39, 0.29) is 77.9 Å². The van der Waals surface area contributed by atoms with Gasteiger partial charge in [-0.15, -0.1) is 0 Å². The second kappa shape index (κ2) is 10.4. The van der Waals surface area contributed by atoms with E-state index < -0.39 is 10.1 Å². The van der Waals surface area contributed by atoms with Crippen LogP contribution in [0.3, 0.4) is 0 Å². The molecule has 0 aromatic heterocycles. The first-order valence-corrected chi connectivity index (χ1v) is 6.25. The molecule has 0 unspecified atom stereocenters. The van der Waals surface area contributed by atoms with Crippen LogP contribution in [0.15, 0.2) is 24.3 Å². The summed E-state index contributed by atoms with van der Waals surface area (Å²) in [5.74, 6) is 0.236. The van der Waals surface area contributed by atoms with E-state index in [9.17, 15) is 13.2 Å². The normalized spacial score (nSPS) is 9.83. The Labute approximate surface area is 151 Å². The largest absolute Gasteiger partial charge is 1.00 e. The topological polar surface area (TPSA) is 80.7 Å². The summed E-state index contributed by atoms with van der Waals surface area (Å²) in [5, 5.41) is 0. The first kappa shape index (κ1) is 20.9. The van der Waals surface area contributed by atoms with Crippen LogP contribution in [0.2, 0.25) is 0 Å². The Hall–Kier alpha value is 0.600. The molecule has 1 aromatic rings. The number of rotatable bonds is 6. The maximum absolute atomic E-state index is 10.4. The van der Waals surface area contributed by atoms with Gasteiger partial charge in [0.05, 0.1) is 12.4 Å². The summed E-state index contributed by atoms with van der Waals surface area (Å²) in [6, 6.07) is 6.45. The van der Waals surface area contributed by atoms with Gasteiger partial charge in [0, 0.05) is 5.56 Å². The third-order valence-corrected chi connectivity index (χ3v) is 2.64. The van der Waals surface area contributed by atoms with Crippen molar-refractivity contribution in [3.05, 3.63) is 29.8 Å². The fourth-order valence-corrected chi connectivity index (χ4v) is 1.56. The zero-order valence-corrected chi connectivity index (χ0v) is 15.3. The van der Waals surface area contributed by atoms with Crippen molar-refractivity contribution in [3.8, 4) is 5.75 Å². The summed E-state index contributed by atoms with van der Waals surface area (Å²) < 4.78 is 34.4. The molecule has 0 amide bonds. The average molecular weight is 290 g/mol. The van der Waals surface area contributed by atoms with Crippen molar-refractivity contribution in [3.63, 3.8) is 0 Å². The Kier molecular flexibility index (Phi) is 12.1. The molecule has 0 radical (unpaired) electrons. The molecule has 0 aliphatic heterocycles. The van der Waals surface area contributed by atoms with E-state index in [2.05, 4.69) is 0 Å². The van der Waals surface area contributed by atoms with E-state index in [0.717, 1.165) is 6.29 Å². The molecule has 18 heavy (non-hydrogen) atoms. The van der Waals surface area contributed by atoms with Crippen molar-refractivity contribution in [2.24, 2.45) is 0 Å². The molecule has 8 heteroatoms. The Morgan fingerprint density at radius 1 is 1.17 bits per heavy atom. The van der Waals surface area contributed by atoms with Crippen LogP contribution in [0, 0.1) is 0 Å². The van der Waals surface area contributed by atoms with Gasteiger partial charge in [-0.3, -0.25) is 9.35 Å². The molecule has 0 spiro atoms. The first-order valence-electron chi connectivity index (χ1n) is 4.64. The zero-order chi connectivity index (χ0) is 12.0. The fourth-order valence-electron chi connectivity index (χ4n) is 1.07. The van der Waals surface area contributed by atoms with Crippen molar-refractivity contribution in [1.82, 2.24) is 0 Å². The summed E-state index contributed by atoms with van der Waals surface area (Å²) in [4.78, 5) is 10.4. The van der Waals surface area contributed by atoms with Crippen LogP contribution in [0.5, 0.6) is 5.75 Å². The van der Waals surface area contributed by atoms with Crippen LogP contribution in [0.25, 0.3) is 0 Å². The maximum Gasteiger partial charge on any atom is 1.00 e. The summed E-state index contributed by atoms with van der Waals surface area (Å²) in [6.07, 6.45) is 0.941. The van der Waals surface area contributed by atoms with Crippen LogP contribution >= 0.6 is 0 Å². The predicted octanol–water partition coefficient (Wildman–Crippen LogP) is -4.84. The maximum atomic E-state index is 10.4. The van der Waals surface area contributed by atoms with Gasteiger partial charge in [-0.1, -0.05) is 0 Å². The Morgan fingerprint density at radius 3 is 2.17 bits per heavy atom. The van der Waals surface area contributed by atoms with Crippen LogP contribution in [-0.2, 0) is 10.1 Å². The van der Waals surface area contributed by atoms with Crippen LogP contribution in [-0.4, -0.2) is 31.6 Å². The summed E-state index contributed by atoms with van der Waals surface area (Å²) >= 11 is 0. The number of ether oxygens (including phenoxy) is 1. The van der Waals surface area contributed by atoms with E-state index >= 15 is 0 Å². The van der Waals surface area contributed by atoms with Gasteiger partial charge in [-0.05, 0) is 30.7 Å². The molecule has 0 saturated heterocycles. The number of carbonyl (C=O) groups excluding carboxylic acids is 1. The van der Waals surface area contributed by atoms with Gasteiger partial charge in [0.1, 0.15) is 12.0 Å². The van der Waals surface area contributed by atoms with Gasteiger partial charge in [-0.2, -0.15) is 8.42 Å². The fraction of sp³-hybridized carbons (Fsp3) is 0.300. The molecule has 0 saturated carbocycles. The molecule has 0 aliphatic rings. The van der Waals surface area contributed by atoms with Crippen LogP contribution in [0.1, 0.15) is 16.8 Å². The molecular weight excluding hydrogens is 278 g/mol. The van der Waals surface area contributed by atoms with Gasteiger partial charge in [0.15, 0.2) is 0 Å². The minimum atomic E-state index is -3.92. The summed E-state index contributed by atoms with van der Waals surface area (Å²) in [5.41, 5.74) is 0.547. The van der Waals surface area contributed by atoms with E-state index in [1.54, 1.807) is 24.3 Å². The Bertz CT molecular complexity index is 444. The standard InChI is InChI=1S/C10H12O5S.2Na/c11-8-9-2-4-10(5-3-9)15-6-1-7-16(12,13)14;;/h2-5,8H,1,6-7H2,(H,12,13,14);;/q;2*+1. The Balaban J connectivity index is 0. The van der Waals surface area contributed by atoms with E-state index in [1.807, 2.05) is 0 Å². The van der Waals surface area contributed by atoms with Gasteiger partial charge in [-0.25, -0.2) is 0 Å². The number of aldehydes is 1. The molecule has 88 valence electrons. The van der Waals surface area contributed by atoms with E-state index in [0.29, 0.717) is 11.3 Å². The number of benzene rings is 1. The van der Waals surface area contributed by atoms with Crippen molar-refractivity contribution in [1.29, 1.82) is 0 Å². The second-order valence-electron chi connectivity index (χ2n) is 3.17. The number of carbonyl (C=O) groups is 1. The molecule has 0 bridgehead atoms. The quantitative estimate of drug-likeness (QED) is 0.246. The number of hydrogen-bond donors (Lipinski definition) is 1. The van der Waals surface area contributed by atoms with Gasteiger partial charge in [0.2, 0.25) is 0 Å². The van der Waals surface area contributed by atoms with Crippen LogP contribution < -0.4 is 63.9 Å². The molecule has 5 nitrogen and oxygen atoms in total. The first-order chi connectivity index (χ1) is 7.51. The predicted molar refractivity (Wildman–Crippen MR) is 58.4 cm³/mol. The Morgan fingerprint density at radius 2 is 1.72 bits per heavy atom. The van der Waals surface area contributed by atoms with Crippen molar-refractivity contribution in [2.75, 3.05) is 12.4 Å². The molecule has 0 atom stereocenters. The molecule has 1 N–H and O–H groups in total. The monoisotopic (exact) mass is 290 g/mol. The summed E-state index contributed by atoms with van der Waals surface area (Å²) in [6.45, 7) is 0.195. The molecule has 0 heterocycles. The smallest absolute Gasteiger partial charge is 0.494 e. The third-order valence-electron chi connectivity index (χ3n) is 1.83. The van der Waals surface area contributed by atoms with Crippen molar-refractivity contribution >= 4 is 16.4 Å². The molecule has 1 rings (SSSR count). The third kappa shape index (κ3) is 9.52. The second-order valence-corrected chi connectivity index (χ2v) is 4.75. The average Bonchev–Trinajstić information content (AvgIpc) is 2.24. The summed E-state index contributed by atoms with van der Waals surface area (Å²) in [7, 11) is -3.92. The van der Waals surface area contributed by atoms with Gasteiger partial charge >= 0.3 is 59.1 Å². The van der Waals surface area contributed by atoms with E-state index in [4.69, 9.17) is 9.29 Å². The molecular formula is C10H12Na2O5S+2. The molecule has 1 aromatic carbocycles. The minimum absolute atomic E-state index is 0. The van der Waals surface area contributed by atoms with Gasteiger partial charge in [0.25, 0.3) is 10.1 Å². The van der Waals surface area contributed by atoms with Gasteiger partial charge < -0.3 is 4.74 Å². The SMILES string of the molecule is O=Cc1ccc(OCCCS(=O)(=O)O)cc1.[Na+].[Na+]. The van der Waals surface area contributed by atoms with Crippen molar-refractivity contribution < 1.29 is 81.6 Å². The number of hydrogen-bond acceptors (Lipinski definition) is 4. The van der Waals surface area contributed by atoms with Crippen LogP contribution in [0.4, 0.5) is 0 Å². The van der Waals surface area contributed by atoms with Crippen molar-refractivity contribution in [2.45, 2.75) is 6.42 Å². The molecule has 0 fully saturated rings. The minimum Gasteiger partial charge on any atom is -0.494 e. The molecule has 0 aliphatic carbocycles.